The first-order chi connectivity index (χ1) is 15.9. The van der Waals surface area contributed by atoms with Gasteiger partial charge < -0.3 is 24.1 Å². The minimum Gasteiger partial charge on any atom is -0.497 e. The maximum atomic E-state index is 13.7. The highest BCUT2D eigenvalue weighted by Crippen LogP contribution is 2.45. The Kier molecular flexibility index (Phi) is 4.86. The molecule has 0 fully saturated rings. The number of anilines is 1. The van der Waals surface area contributed by atoms with Gasteiger partial charge in [0.05, 0.1) is 23.3 Å². The van der Waals surface area contributed by atoms with Crippen LogP contribution in [0.5, 0.6) is 17.2 Å². The largest absolute Gasteiger partial charge is 0.512 e. The molecule has 5 rings (SSSR count). The summed E-state index contributed by atoms with van der Waals surface area (Å²) in [6, 6.07) is 17.7. The third kappa shape index (κ3) is 3.40. The molecule has 0 spiro atoms. The monoisotopic (exact) mass is 467 g/mol. The number of fused-ring (bicyclic) bond motifs is 2. The predicted molar refractivity (Wildman–Crippen MR) is 117 cm³/mol. The van der Waals surface area contributed by atoms with Gasteiger partial charge >= 0.3 is 6.16 Å². The van der Waals surface area contributed by atoms with Crippen molar-refractivity contribution in [1.82, 2.24) is 0 Å². The second kappa shape index (κ2) is 7.75. The number of methoxy groups -OCH3 is 1. The molecule has 0 unspecified atom stereocenters. The van der Waals surface area contributed by atoms with Crippen LogP contribution < -0.4 is 18.5 Å². The number of rotatable bonds is 4. The highest BCUT2D eigenvalue weighted by atomic mass is 32.2. The van der Waals surface area contributed by atoms with Crippen LogP contribution >= 0.6 is 0 Å². The lowest BCUT2D eigenvalue weighted by Crippen LogP contribution is -2.37. The van der Waals surface area contributed by atoms with E-state index in [4.69, 9.17) is 18.9 Å². The van der Waals surface area contributed by atoms with Crippen LogP contribution in [0, 0.1) is 0 Å². The average Bonchev–Trinajstić information content (AvgIpc) is 3.27. The molecule has 3 aromatic carbocycles. The molecule has 3 aromatic rings. The van der Waals surface area contributed by atoms with E-state index in [-0.39, 0.29) is 28.8 Å². The number of hydrogen-bond acceptors (Lipinski definition) is 7. The Morgan fingerprint density at radius 3 is 2.58 bits per heavy atom. The molecule has 2 aliphatic heterocycles. The van der Waals surface area contributed by atoms with E-state index in [1.54, 1.807) is 48.5 Å². The molecule has 9 nitrogen and oxygen atoms in total. The van der Waals surface area contributed by atoms with E-state index in [0.717, 1.165) is 4.31 Å². The Morgan fingerprint density at radius 1 is 1.00 bits per heavy atom. The van der Waals surface area contributed by atoms with Crippen LogP contribution in [0.3, 0.4) is 0 Å². The third-order valence-electron chi connectivity index (χ3n) is 5.21. The molecule has 10 heteroatoms. The summed E-state index contributed by atoms with van der Waals surface area (Å²) in [6.45, 7) is -0.00223. The maximum Gasteiger partial charge on any atom is 0.512 e. The van der Waals surface area contributed by atoms with Crippen LogP contribution in [-0.4, -0.2) is 33.6 Å². The van der Waals surface area contributed by atoms with Gasteiger partial charge in [-0.05, 0) is 35.9 Å². The molecule has 2 heterocycles. The Hall–Kier alpha value is -4.18. The van der Waals surface area contributed by atoms with Crippen molar-refractivity contribution in [2.24, 2.45) is 0 Å². The van der Waals surface area contributed by atoms with Crippen molar-refractivity contribution in [2.45, 2.75) is 4.90 Å². The first-order valence-corrected chi connectivity index (χ1v) is 11.2. The molecule has 168 valence electrons. The van der Waals surface area contributed by atoms with E-state index >= 15 is 0 Å². The average molecular weight is 467 g/mol. The molecule has 0 radical (unpaired) electrons. The lowest BCUT2D eigenvalue weighted by molar-refractivity contribution is 0.119. The fourth-order valence-corrected chi connectivity index (χ4v) is 5.46. The van der Waals surface area contributed by atoms with E-state index in [0.29, 0.717) is 28.4 Å². The first kappa shape index (κ1) is 20.7. The van der Waals surface area contributed by atoms with Gasteiger partial charge in [-0.15, -0.1) is 0 Å². The SMILES string of the molecule is COc1cccc(C2=C(OC(=O)O)N(c3ccc4c(c3)OCO4)S(=O)(=O)c3ccccc32)c1. The van der Waals surface area contributed by atoms with Crippen molar-refractivity contribution in [3.8, 4) is 17.2 Å². The van der Waals surface area contributed by atoms with E-state index in [9.17, 15) is 18.3 Å². The van der Waals surface area contributed by atoms with Gasteiger partial charge in [0.15, 0.2) is 11.5 Å². The quantitative estimate of drug-likeness (QED) is 0.572. The predicted octanol–water partition coefficient (Wildman–Crippen LogP) is 4.04. The summed E-state index contributed by atoms with van der Waals surface area (Å²) in [5, 5.41) is 9.52. The van der Waals surface area contributed by atoms with Crippen LogP contribution in [0.15, 0.2) is 77.5 Å². The number of ether oxygens (including phenoxy) is 4. The molecule has 0 atom stereocenters. The number of carboxylic acid groups (broad SMARTS) is 1. The van der Waals surface area contributed by atoms with Gasteiger partial charge in [-0.1, -0.05) is 30.3 Å². The van der Waals surface area contributed by atoms with Gasteiger partial charge in [0.2, 0.25) is 12.7 Å². The van der Waals surface area contributed by atoms with Crippen LogP contribution in [0.4, 0.5) is 10.5 Å². The first-order valence-electron chi connectivity index (χ1n) is 9.74. The molecular formula is C23H17NO8S. The lowest BCUT2D eigenvalue weighted by atomic mass is 9.97. The number of benzene rings is 3. The van der Waals surface area contributed by atoms with E-state index in [2.05, 4.69) is 0 Å². The zero-order valence-electron chi connectivity index (χ0n) is 17.2. The summed E-state index contributed by atoms with van der Waals surface area (Å²) in [6.07, 6.45) is -1.66. The summed E-state index contributed by atoms with van der Waals surface area (Å²) in [4.78, 5) is 11.7. The summed E-state index contributed by atoms with van der Waals surface area (Å²) in [5.41, 5.74) is 1.22. The number of hydrogen-bond donors (Lipinski definition) is 1. The Morgan fingerprint density at radius 2 is 1.79 bits per heavy atom. The summed E-state index contributed by atoms with van der Waals surface area (Å²) < 4.78 is 49.5. The smallest absolute Gasteiger partial charge is 0.497 e. The van der Waals surface area contributed by atoms with Crippen molar-refractivity contribution in [3.05, 3.63) is 83.7 Å². The summed E-state index contributed by atoms with van der Waals surface area (Å²) in [7, 11) is -2.74. The van der Waals surface area contributed by atoms with Crippen LogP contribution in [-0.2, 0) is 14.8 Å². The molecule has 0 bridgehead atoms. The Balaban J connectivity index is 1.84. The fraction of sp³-hybridized carbons (Fsp3) is 0.0870. The second-order valence-corrected chi connectivity index (χ2v) is 8.84. The van der Waals surface area contributed by atoms with Gasteiger partial charge in [0.1, 0.15) is 5.75 Å². The highest BCUT2D eigenvalue weighted by Gasteiger charge is 2.41. The molecule has 0 aliphatic carbocycles. The standard InChI is InChI=1S/C23H17NO8S/c1-29-16-6-4-5-14(11-16)21-17-7-2-3-8-20(17)33(27,28)24(22(21)32-23(25)26)15-9-10-18-19(12-15)31-13-30-18/h2-12H,13H2,1H3,(H,25,26). The lowest BCUT2D eigenvalue weighted by Gasteiger charge is -2.32. The maximum absolute atomic E-state index is 13.7. The molecular weight excluding hydrogens is 450 g/mol. The Bertz CT molecular complexity index is 1410. The fourth-order valence-electron chi connectivity index (χ4n) is 3.82. The molecule has 33 heavy (non-hydrogen) atoms. The van der Waals surface area contributed by atoms with Gasteiger partial charge in [0.25, 0.3) is 10.0 Å². The van der Waals surface area contributed by atoms with Crippen LogP contribution in [0.2, 0.25) is 0 Å². The second-order valence-electron chi connectivity index (χ2n) is 7.08. The summed E-state index contributed by atoms with van der Waals surface area (Å²) in [5.74, 6) is 0.911. The van der Waals surface area contributed by atoms with E-state index < -0.39 is 16.2 Å². The van der Waals surface area contributed by atoms with E-state index in [1.165, 1.54) is 25.3 Å². The van der Waals surface area contributed by atoms with Crippen molar-refractivity contribution >= 4 is 27.4 Å². The zero-order chi connectivity index (χ0) is 23.2. The molecule has 0 amide bonds. The molecule has 2 aliphatic rings. The molecule has 0 saturated carbocycles. The molecule has 0 saturated heterocycles. The van der Waals surface area contributed by atoms with Crippen molar-refractivity contribution in [3.63, 3.8) is 0 Å². The van der Waals surface area contributed by atoms with Crippen LogP contribution in [0.25, 0.3) is 5.57 Å². The van der Waals surface area contributed by atoms with Gasteiger partial charge in [-0.3, -0.25) is 0 Å². The zero-order valence-corrected chi connectivity index (χ0v) is 18.0. The van der Waals surface area contributed by atoms with Crippen molar-refractivity contribution < 1.29 is 37.3 Å². The number of sulfonamides is 1. The highest BCUT2D eigenvalue weighted by molar-refractivity contribution is 7.93. The van der Waals surface area contributed by atoms with E-state index in [1.807, 2.05) is 0 Å². The van der Waals surface area contributed by atoms with Gasteiger partial charge in [0, 0.05) is 11.6 Å². The summed E-state index contributed by atoms with van der Waals surface area (Å²) >= 11 is 0. The van der Waals surface area contributed by atoms with Gasteiger partial charge in [-0.25, -0.2) is 17.5 Å². The van der Waals surface area contributed by atoms with Crippen LogP contribution in [0.1, 0.15) is 11.1 Å². The molecule has 0 aromatic heterocycles. The van der Waals surface area contributed by atoms with Crippen molar-refractivity contribution in [1.29, 1.82) is 0 Å². The minimum atomic E-state index is -4.25. The number of nitrogens with zero attached hydrogens (tertiary/aromatic N) is 1. The normalized spacial score (nSPS) is 15.7. The topological polar surface area (TPSA) is 112 Å². The molecule has 1 N–H and O–H groups in total. The van der Waals surface area contributed by atoms with Crippen molar-refractivity contribution in [2.75, 3.05) is 18.2 Å². The Labute approximate surface area is 189 Å². The third-order valence-corrected chi connectivity index (χ3v) is 6.98. The number of carbonyl (C=O) groups is 1. The minimum absolute atomic E-state index is 0.00164. The van der Waals surface area contributed by atoms with Gasteiger partial charge in [-0.2, -0.15) is 0 Å².